The lowest BCUT2D eigenvalue weighted by atomic mass is 9.95. The maximum Gasteiger partial charge on any atom is 0.282 e. The molecule has 3 aromatic carbocycles. The first-order valence-electron chi connectivity index (χ1n) is 8.60. The summed E-state index contributed by atoms with van der Waals surface area (Å²) >= 11 is 0. The molecular formula is C21H15N3O4. The third-order valence-electron chi connectivity index (χ3n) is 4.64. The molecule has 7 nitrogen and oxygen atoms in total. The van der Waals surface area contributed by atoms with Crippen molar-refractivity contribution in [1.29, 1.82) is 0 Å². The zero-order chi connectivity index (χ0) is 19.7. The molecule has 2 N–H and O–H groups in total. The minimum absolute atomic E-state index is 0.0632. The molecule has 1 aliphatic rings. The van der Waals surface area contributed by atoms with Gasteiger partial charge in [-0.1, -0.05) is 48.5 Å². The quantitative estimate of drug-likeness (QED) is 0.537. The first kappa shape index (κ1) is 17.4. The molecule has 0 fully saturated rings. The van der Waals surface area contributed by atoms with Crippen LogP contribution < -0.4 is 10.6 Å². The molecule has 1 aliphatic heterocycles. The summed E-state index contributed by atoms with van der Waals surface area (Å²) in [7, 11) is 0. The average Bonchev–Trinajstić information content (AvgIpc) is 3.11. The Morgan fingerprint density at radius 1 is 1.00 bits per heavy atom. The predicted octanol–water partition coefficient (Wildman–Crippen LogP) is 3.76. The maximum atomic E-state index is 12.7. The number of fused-ring (bicyclic) bond motifs is 1. The Kier molecular flexibility index (Phi) is 4.33. The number of para-hydroxylation sites is 1. The fourth-order valence-corrected chi connectivity index (χ4v) is 3.35. The largest absolute Gasteiger partial charge is 0.348 e. The number of rotatable bonds is 4. The van der Waals surface area contributed by atoms with E-state index >= 15 is 0 Å². The van der Waals surface area contributed by atoms with Gasteiger partial charge in [-0.2, -0.15) is 0 Å². The number of nitrogens with one attached hydrogen (secondary N) is 2. The lowest BCUT2D eigenvalue weighted by Crippen LogP contribution is -2.18. The molecule has 0 aromatic heterocycles. The van der Waals surface area contributed by atoms with Crippen molar-refractivity contribution in [1.82, 2.24) is 5.32 Å². The molecule has 0 saturated heterocycles. The van der Waals surface area contributed by atoms with Gasteiger partial charge in [-0.15, -0.1) is 0 Å². The normalized spacial score (nSPS) is 12.2. The monoisotopic (exact) mass is 373 g/mol. The van der Waals surface area contributed by atoms with Crippen LogP contribution in [0.4, 0.5) is 11.4 Å². The van der Waals surface area contributed by atoms with Gasteiger partial charge in [-0.25, -0.2) is 0 Å². The minimum atomic E-state index is -0.637. The van der Waals surface area contributed by atoms with E-state index in [1.807, 2.05) is 36.4 Å². The highest BCUT2D eigenvalue weighted by Gasteiger charge is 2.28. The van der Waals surface area contributed by atoms with Gasteiger partial charge in [-0.3, -0.25) is 19.7 Å². The molecule has 3 aromatic rings. The molecule has 138 valence electrons. The van der Waals surface area contributed by atoms with Crippen molar-refractivity contribution in [3.8, 4) is 11.1 Å². The predicted molar refractivity (Wildman–Crippen MR) is 104 cm³/mol. The zero-order valence-corrected chi connectivity index (χ0v) is 14.6. The molecule has 7 heteroatoms. The van der Waals surface area contributed by atoms with Crippen LogP contribution >= 0.6 is 0 Å². The van der Waals surface area contributed by atoms with E-state index in [4.69, 9.17) is 0 Å². The molecule has 2 amide bonds. The number of anilines is 1. The summed E-state index contributed by atoms with van der Waals surface area (Å²) in [6, 6.07) is 18.8. The Balaban J connectivity index is 1.74. The second-order valence-electron chi connectivity index (χ2n) is 6.29. The summed E-state index contributed by atoms with van der Waals surface area (Å²) in [5.74, 6) is -0.924. The van der Waals surface area contributed by atoms with Crippen molar-refractivity contribution in [2.45, 2.75) is 6.54 Å². The van der Waals surface area contributed by atoms with Gasteiger partial charge in [0.2, 0.25) is 0 Å². The van der Waals surface area contributed by atoms with E-state index in [1.165, 1.54) is 18.2 Å². The van der Waals surface area contributed by atoms with Gasteiger partial charge in [0.15, 0.2) is 0 Å². The average molecular weight is 373 g/mol. The number of benzene rings is 3. The van der Waals surface area contributed by atoms with Crippen molar-refractivity contribution in [3.05, 3.63) is 93.5 Å². The van der Waals surface area contributed by atoms with E-state index in [-0.39, 0.29) is 17.2 Å². The van der Waals surface area contributed by atoms with Crippen molar-refractivity contribution in [3.63, 3.8) is 0 Å². The molecule has 0 spiro atoms. The van der Waals surface area contributed by atoms with E-state index in [0.717, 1.165) is 16.7 Å². The second kappa shape index (κ2) is 6.96. The van der Waals surface area contributed by atoms with Gasteiger partial charge in [-0.05, 0) is 28.8 Å². The van der Waals surface area contributed by atoms with Crippen molar-refractivity contribution in [2.24, 2.45) is 0 Å². The van der Waals surface area contributed by atoms with Gasteiger partial charge in [0.25, 0.3) is 17.5 Å². The van der Waals surface area contributed by atoms with E-state index < -0.39 is 10.8 Å². The van der Waals surface area contributed by atoms with Crippen LogP contribution in [0.2, 0.25) is 0 Å². The molecule has 4 rings (SSSR count). The fraction of sp³-hybridized carbons (Fsp3) is 0.0476. The van der Waals surface area contributed by atoms with Crippen LogP contribution in [0.1, 0.15) is 26.3 Å². The molecule has 0 aliphatic carbocycles. The van der Waals surface area contributed by atoms with Gasteiger partial charge >= 0.3 is 0 Å². The molecule has 1 heterocycles. The van der Waals surface area contributed by atoms with E-state index in [9.17, 15) is 19.7 Å². The summed E-state index contributed by atoms with van der Waals surface area (Å²) in [6.45, 7) is 0.355. The number of nitro groups is 1. The van der Waals surface area contributed by atoms with Gasteiger partial charge < -0.3 is 10.6 Å². The first-order chi connectivity index (χ1) is 13.6. The number of nitro benzene ring substituents is 1. The molecule has 0 atom stereocenters. The minimum Gasteiger partial charge on any atom is -0.348 e. The summed E-state index contributed by atoms with van der Waals surface area (Å²) in [6.07, 6.45) is 0. The van der Waals surface area contributed by atoms with Gasteiger partial charge in [0.05, 0.1) is 16.2 Å². The Hall–Kier alpha value is -4.00. The molecule has 0 unspecified atom stereocenters. The molecule has 0 saturated carbocycles. The highest BCUT2D eigenvalue weighted by molar-refractivity contribution is 6.12. The van der Waals surface area contributed by atoms with Crippen LogP contribution in [0.25, 0.3) is 11.1 Å². The number of hydrogen-bond donors (Lipinski definition) is 2. The standard InChI is InChI=1S/C21H15N3O4/c25-20(15-8-4-5-9-18(15)24(27)28)23-17-11-10-14(13-6-2-1-3-7-13)16-12-22-21(26)19(16)17/h1-11H,12H2,(H,22,26)(H,23,25). The number of amides is 2. The van der Waals surface area contributed by atoms with Crippen molar-refractivity contribution in [2.75, 3.05) is 5.32 Å². The SMILES string of the molecule is O=C(Nc1ccc(-c2ccccc2)c2c1C(=O)NC2)c1ccccc1[N+](=O)[O-]. The third-order valence-corrected chi connectivity index (χ3v) is 4.64. The Bertz CT molecular complexity index is 1110. The van der Waals surface area contributed by atoms with Gasteiger partial charge in [0, 0.05) is 12.6 Å². The highest BCUT2D eigenvalue weighted by atomic mass is 16.6. The Labute approximate surface area is 160 Å². The van der Waals surface area contributed by atoms with Crippen LogP contribution in [0, 0.1) is 10.1 Å². The number of nitrogens with zero attached hydrogens (tertiary/aromatic N) is 1. The topological polar surface area (TPSA) is 101 Å². The summed E-state index contributed by atoms with van der Waals surface area (Å²) in [4.78, 5) is 35.6. The second-order valence-corrected chi connectivity index (χ2v) is 6.29. The van der Waals surface area contributed by atoms with Crippen LogP contribution in [0.3, 0.4) is 0 Å². The fourth-order valence-electron chi connectivity index (χ4n) is 3.35. The van der Waals surface area contributed by atoms with Crippen LogP contribution in [-0.2, 0) is 6.54 Å². The molecule has 28 heavy (non-hydrogen) atoms. The smallest absolute Gasteiger partial charge is 0.282 e. The van der Waals surface area contributed by atoms with Crippen molar-refractivity contribution >= 4 is 23.2 Å². The molecule has 0 bridgehead atoms. The molecular weight excluding hydrogens is 358 g/mol. The summed E-state index contributed by atoms with van der Waals surface area (Å²) < 4.78 is 0. The first-order valence-corrected chi connectivity index (χ1v) is 8.60. The lowest BCUT2D eigenvalue weighted by molar-refractivity contribution is -0.385. The lowest BCUT2D eigenvalue weighted by Gasteiger charge is -2.13. The van der Waals surface area contributed by atoms with Gasteiger partial charge in [0.1, 0.15) is 5.56 Å². The van der Waals surface area contributed by atoms with Crippen LogP contribution in [0.5, 0.6) is 0 Å². The number of carbonyl (C=O) groups excluding carboxylic acids is 2. The van der Waals surface area contributed by atoms with Crippen LogP contribution in [-0.4, -0.2) is 16.7 Å². The highest BCUT2D eigenvalue weighted by Crippen LogP contribution is 2.34. The molecule has 0 radical (unpaired) electrons. The third kappa shape index (κ3) is 2.99. The Morgan fingerprint density at radius 2 is 1.71 bits per heavy atom. The van der Waals surface area contributed by atoms with E-state index in [0.29, 0.717) is 17.8 Å². The van der Waals surface area contributed by atoms with E-state index in [2.05, 4.69) is 10.6 Å². The maximum absolute atomic E-state index is 12.7. The summed E-state index contributed by atoms with van der Waals surface area (Å²) in [5.41, 5.74) is 3.01. The zero-order valence-electron chi connectivity index (χ0n) is 14.6. The Morgan fingerprint density at radius 3 is 2.46 bits per heavy atom. The number of carbonyl (C=O) groups is 2. The van der Waals surface area contributed by atoms with Crippen LogP contribution in [0.15, 0.2) is 66.7 Å². The summed E-state index contributed by atoms with van der Waals surface area (Å²) in [5, 5.41) is 16.6. The van der Waals surface area contributed by atoms with Crippen molar-refractivity contribution < 1.29 is 14.5 Å². The van der Waals surface area contributed by atoms with E-state index in [1.54, 1.807) is 12.1 Å². The number of hydrogen-bond acceptors (Lipinski definition) is 4.